The van der Waals surface area contributed by atoms with Gasteiger partial charge in [0.25, 0.3) is 0 Å². The summed E-state index contributed by atoms with van der Waals surface area (Å²) in [7, 11) is 0. The Morgan fingerprint density at radius 3 is 2.38 bits per heavy atom. The van der Waals surface area contributed by atoms with E-state index in [0.29, 0.717) is 26.4 Å². The molecule has 0 aliphatic carbocycles. The molecule has 4 nitrogen and oxygen atoms in total. The number of hydrogen-bond donors (Lipinski definition) is 1. The molecular formula is C17H15Cl3N2O2. The molecule has 0 aromatic heterocycles. The zero-order chi connectivity index (χ0) is 17.9. The maximum Gasteiger partial charge on any atom is 0.244 e. The summed E-state index contributed by atoms with van der Waals surface area (Å²) >= 11 is 17.9. The van der Waals surface area contributed by atoms with Crippen molar-refractivity contribution < 1.29 is 9.59 Å². The number of rotatable bonds is 4. The first kappa shape index (κ1) is 18.6. The van der Waals surface area contributed by atoms with Gasteiger partial charge in [-0.05, 0) is 42.8 Å². The minimum atomic E-state index is -0.358. The first-order valence-corrected chi connectivity index (χ1v) is 8.21. The Bertz CT molecular complexity index is 793. The lowest BCUT2D eigenvalue weighted by Crippen LogP contribution is -2.37. The van der Waals surface area contributed by atoms with Crippen LogP contribution in [0.2, 0.25) is 15.1 Å². The van der Waals surface area contributed by atoms with Gasteiger partial charge in [0.05, 0.1) is 10.0 Å². The third-order valence-corrected chi connectivity index (χ3v) is 4.56. The van der Waals surface area contributed by atoms with Crippen molar-refractivity contribution in [3.05, 3.63) is 57.0 Å². The van der Waals surface area contributed by atoms with Crippen LogP contribution in [0.15, 0.2) is 36.4 Å². The van der Waals surface area contributed by atoms with E-state index < -0.39 is 0 Å². The predicted molar refractivity (Wildman–Crippen MR) is 99.3 cm³/mol. The molecule has 2 aromatic carbocycles. The van der Waals surface area contributed by atoms with E-state index in [1.54, 1.807) is 43.3 Å². The van der Waals surface area contributed by atoms with Crippen LogP contribution in [0.25, 0.3) is 0 Å². The highest BCUT2D eigenvalue weighted by Gasteiger charge is 2.18. The van der Waals surface area contributed by atoms with Gasteiger partial charge in [-0.25, -0.2) is 0 Å². The topological polar surface area (TPSA) is 49.4 Å². The fraction of sp³-hybridized carbons (Fsp3) is 0.176. The van der Waals surface area contributed by atoms with Crippen molar-refractivity contribution in [1.29, 1.82) is 0 Å². The minimum Gasteiger partial charge on any atom is -0.324 e. The van der Waals surface area contributed by atoms with E-state index in [-0.39, 0.29) is 18.4 Å². The van der Waals surface area contributed by atoms with Crippen LogP contribution in [0.4, 0.5) is 11.4 Å². The summed E-state index contributed by atoms with van der Waals surface area (Å²) in [5.41, 5.74) is 1.83. The number of carbonyl (C=O) groups excluding carboxylic acids is 2. The van der Waals surface area contributed by atoms with E-state index in [0.717, 1.165) is 5.56 Å². The van der Waals surface area contributed by atoms with Crippen molar-refractivity contribution in [2.45, 2.75) is 13.8 Å². The molecule has 0 unspecified atom stereocenters. The van der Waals surface area contributed by atoms with Crippen LogP contribution >= 0.6 is 34.8 Å². The van der Waals surface area contributed by atoms with Gasteiger partial charge in [-0.1, -0.05) is 40.9 Å². The van der Waals surface area contributed by atoms with Crippen molar-refractivity contribution in [2.75, 3.05) is 16.8 Å². The molecule has 0 aliphatic heterocycles. The van der Waals surface area contributed by atoms with Gasteiger partial charge in [-0.3, -0.25) is 9.59 Å². The van der Waals surface area contributed by atoms with Crippen LogP contribution in [0.5, 0.6) is 0 Å². The lowest BCUT2D eigenvalue weighted by Gasteiger charge is -2.23. The van der Waals surface area contributed by atoms with E-state index in [9.17, 15) is 9.59 Å². The van der Waals surface area contributed by atoms with Crippen LogP contribution < -0.4 is 10.2 Å². The molecule has 0 heterocycles. The van der Waals surface area contributed by atoms with E-state index in [4.69, 9.17) is 34.8 Å². The lowest BCUT2D eigenvalue weighted by atomic mass is 10.1. The summed E-state index contributed by atoms with van der Waals surface area (Å²) in [6.07, 6.45) is 0. The normalized spacial score (nSPS) is 10.4. The summed E-state index contributed by atoms with van der Waals surface area (Å²) in [4.78, 5) is 25.6. The number of nitrogens with one attached hydrogen (secondary N) is 1. The zero-order valence-electron chi connectivity index (χ0n) is 13.1. The Kier molecular flexibility index (Phi) is 6.10. The van der Waals surface area contributed by atoms with Gasteiger partial charge in [0, 0.05) is 23.3 Å². The quantitative estimate of drug-likeness (QED) is 0.810. The van der Waals surface area contributed by atoms with Crippen molar-refractivity contribution in [1.82, 2.24) is 0 Å². The smallest absolute Gasteiger partial charge is 0.244 e. The third-order valence-electron chi connectivity index (χ3n) is 3.42. The van der Waals surface area contributed by atoms with Crippen LogP contribution in [0.1, 0.15) is 12.5 Å². The number of halogens is 3. The van der Waals surface area contributed by atoms with Crippen molar-refractivity contribution in [2.24, 2.45) is 0 Å². The molecule has 2 rings (SSSR count). The zero-order valence-corrected chi connectivity index (χ0v) is 15.3. The van der Waals surface area contributed by atoms with Gasteiger partial charge < -0.3 is 10.2 Å². The molecule has 1 N–H and O–H groups in total. The average molecular weight is 386 g/mol. The summed E-state index contributed by atoms with van der Waals surface area (Å²) in [6.45, 7) is 3.05. The van der Waals surface area contributed by atoms with E-state index >= 15 is 0 Å². The molecule has 0 aliphatic rings. The minimum absolute atomic E-state index is 0.142. The average Bonchev–Trinajstić information content (AvgIpc) is 2.51. The number of carbonyl (C=O) groups is 2. The molecule has 126 valence electrons. The maximum absolute atomic E-state index is 12.3. The number of benzene rings is 2. The van der Waals surface area contributed by atoms with Crippen molar-refractivity contribution in [3.8, 4) is 0 Å². The lowest BCUT2D eigenvalue weighted by molar-refractivity contribution is -0.120. The Labute approximate surface area is 155 Å². The molecule has 0 radical (unpaired) electrons. The van der Waals surface area contributed by atoms with Crippen LogP contribution in [0.3, 0.4) is 0 Å². The van der Waals surface area contributed by atoms with Crippen LogP contribution in [-0.2, 0) is 9.59 Å². The summed E-state index contributed by atoms with van der Waals surface area (Å²) in [5, 5.41) is 3.96. The largest absolute Gasteiger partial charge is 0.324 e. The molecule has 2 aromatic rings. The Morgan fingerprint density at radius 2 is 1.75 bits per heavy atom. The van der Waals surface area contributed by atoms with Gasteiger partial charge in [-0.2, -0.15) is 0 Å². The Hall–Kier alpha value is -1.75. The maximum atomic E-state index is 12.3. The second-order valence-electron chi connectivity index (χ2n) is 5.17. The summed E-state index contributed by atoms with van der Waals surface area (Å²) in [5.74, 6) is -0.618. The molecule has 0 spiro atoms. The third kappa shape index (κ3) is 4.41. The second kappa shape index (κ2) is 7.88. The van der Waals surface area contributed by atoms with Gasteiger partial charge in [0.1, 0.15) is 6.54 Å². The Morgan fingerprint density at radius 1 is 1.04 bits per heavy atom. The first-order chi connectivity index (χ1) is 11.3. The number of anilines is 2. The standard InChI is InChI=1S/C17H15Cl3N2O2/c1-10-13(18)4-3-5-16(10)22(11(2)23)9-17(24)21-12-6-7-14(19)15(20)8-12/h3-8H,9H2,1-2H3,(H,21,24). The van der Waals surface area contributed by atoms with Gasteiger partial charge in [-0.15, -0.1) is 0 Å². The van der Waals surface area contributed by atoms with Gasteiger partial charge in [0.2, 0.25) is 11.8 Å². The van der Waals surface area contributed by atoms with E-state index in [1.165, 1.54) is 11.8 Å². The predicted octanol–water partition coefficient (Wildman–Crippen LogP) is 4.95. The summed E-state index contributed by atoms with van der Waals surface area (Å²) < 4.78 is 0. The molecule has 0 atom stereocenters. The summed E-state index contributed by atoms with van der Waals surface area (Å²) in [6, 6.07) is 9.98. The van der Waals surface area contributed by atoms with Gasteiger partial charge >= 0.3 is 0 Å². The number of hydrogen-bond acceptors (Lipinski definition) is 2. The van der Waals surface area contributed by atoms with Crippen molar-refractivity contribution in [3.63, 3.8) is 0 Å². The molecule has 2 amide bonds. The fourth-order valence-electron chi connectivity index (χ4n) is 2.17. The highest BCUT2D eigenvalue weighted by molar-refractivity contribution is 6.42. The van der Waals surface area contributed by atoms with Crippen molar-refractivity contribution >= 4 is 58.0 Å². The number of amides is 2. The van der Waals surface area contributed by atoms with E-state index in [1.807, 2.05) is 0 Å². The molecule has 0 bridgehead atoms. The molecular weight excluding hydrogens is 371 g/mol. The van der Waals surface area contributed by atoms with Gasteiger partial charge in [0.15, 0.2) is 0 Å². The first-order valence-electron chi connectivity index (χ1n) is 7.07. The highest BCUT2D eigenvalue weighted by Crippen LogP contribution is 2.27. The molecule has 0 fully saturated rings. The van der Waals surface area contributed by atoms with Crippen LogP contribution in [0, 0.1) is 6.92 Å². The molecule has 24 heavy (non-hydrogen) atoms. The molecule has 7 heteroatoms. The molecule has 0 saturated carbocycles. The Balaban J connectivity index is 2.18. The second-order valence-corrected chi connectivity index (χ2v) is 6.39. The monoisotopic (exact) mass is 384 g/mol. The molecule has 0 saturated heterocycles. The van der Waals surface area contributed by atoms with E-state index in [2.05, 4.69) is 5.32 Å². The van der Waals surface area contributed by atoms with Crippen LogP contribution in [-0.4, -0.2) is 18.4 Å². The SMILES string of the molecule is CC(=O)N(CC(=O)Nc1ccc(Cl)c(Cl)c1)c1cccc(Cl)c1C. The highest BCUT2D eigenvalue weighted by atomic mass is 35.5. The number of nitrogens with zero attached hydrogens (tertiary/aromatic N) is 1. The fourth-order valence-corrected chi connectivity index (χ4v) is 2.64.